The number of nitrogens with zero attached hydrogens (tertiary/aromatic N) is 1. The predicted molar refractivity (Wildman–Crippen MR) is 84.9 cm³/mol. The number of hydrogen-bond donors (Lipinski definition) is 1. The van der Waals surface area contributed by atoms with Crippen LogP contribution in [0.5, 0.6) is 5.75 Å². The molecule has 20 heavy (non-hydrogen) atoms. The maximum atomic E-state index is 5.91. The van der Waals surface area contributed by atoms with E-state index in [0.717, 1.165) is 23.1 Å². The fourth-order valence-corrected chi connectivity index (χ4v) is 2.68. The van der Waals surface area contributed by atoms with Crippen molar-refractivity contribution in [2.75, 3.05) is 13.7 Å². The van der Waals surface area contributed by atoms with E-state index in [1.807, 2.05) is 18.3 Å². The number of benzene rings is 1. The van der Waals surface area contributed by atoms with E-state index in [4.69, 9.17) is 10.5 Å². The summed E-state index contributed by atoms with van der Waals surface area (Å²) in [6, 6.07) is 10.3. The van der Waals surface area contributed by atoms with Gasteiger partial charge in [0.05, 0.1) is 7.11 Å². The van der Waals surface area contributed by atoms with E-state index in [1.54, 1.807) is 13.3 Å². The van der Waals surface area contributed by atoms with Gasteiger partial charge in [0.1, 0.15) is 5.75 Å². The van der Waals surface area contributed by atoms with Crippen molar-refractivity contribution in [2.24, 2.45) is 11.7 Å². The number of pyridine rings is 1. The Morgan fingerprint density at radius 2 is 2.00 bits per heavy atom. The van der Waals surface area contributed by atoms with E-state index in [9.17, 15) is 0 Å². The number of rotatable bonds is 6. The first-order valence-corrected chi connectivity index (χ1v) is 7.43. The molecular weight excluding hydrogens is 316 g/mol. The third kappa shape index (κ3) is 4.32. The van der Waals surface area contributed by atoms with Crippen molar-refractivity contribution in [3.05, 3.63) is 58.3 Å². The van der Waals surface area contributed by atoms with Crippen LogP contribution in [-0.4, -0.2) is 18.6 Å². The summed E-state index contributed by atoms with van der Waals surface area (Å²) in [6.07, 6.45) is 5.57. The second-order valence-corrected chi connectivity index (χ2v) is 5.79. The molecule has 0 aliphatic carbocycles. The fourth-order valence-electron chi connectivity index (χ4n) is 2.27. The summed E-state index contributed by atoms with van der Waals surface area (Å²) in [5.41, 5.74) is 8.37. The first-order valence-electron chi connectivity index (χ1n) is 6.63. The number of methoxy groups -OCH3 is 1. The molecule has 0 saturated heterocycles. The Morgan fingerprint density at radius 1 is 1.20 bits per heavy atom. The van der Waals surface area contributed by atoms with E-state index in [1.165, 1.54) is 11.1 Å². The van der Waals surface area contributed by atoms with E-state index >= 15 is 0 Å². The minimum absolute atomic E-state index is 0.401. The summed E-state index contributed by atoms with van der Waals surface area (Å²) in [7, 11) is 1.69. The standard InChI is InChI=1S/C16H19BrN2O/c1-20-16-4-2-3-12(8-16)5-13(9-18)6-14-7-15(17)11-19-10-14/h2-4,7-8,10-11,13H,5-6,9,18H2,1H3. The van der Waals surface area contributed by atoms with Crippen molar-refractivity contribution in [3.63, 3.8) is 0 Å². The molecule has 2 aromatic rings. The Morgan fingerprint density at radius 3 is 2.70 bits per heavy atom. The van der Waals surface area contributed by atoms with Gasteiger partial charge in [-0.1, -0.05) is 12.1 Å². The maximum absolute atomic E-state index is 5.91. The number of hydrogen-bond acceptors (Lipinski definition) is 3. The fraction of sp³-hybridized carbons (Fsp3) is 0.312. The Kier molecular flexibility index (Phi) is 5.56. The molecular formula is C16H19BrN2O. The van der Waals surface area contributed by atoms with Crippen LogP contribution in [0.3, 0.4) is 0 Å². The Bertz CT molecular complexity index is 560. The van der Waals surface area contributed by atoms with Crippen LogP contribution in [0.2, 0.25) is 0 Å². The van der Waals surface area contributed by atoms with Gasteiger partial charge in [-0.25, -0.2) is 0 Å². The van der Waals surface area contributed by atoms with Crippen LogP contribution >= 0.6 is 15.9 Å². The number of halogens is 1. The van der Waals surface area contributed by atoms with Crippen molar-refractivity contribution in [1.29, 1.82) is 0 Å². The molecule has 106 valence electrons. The van der Waals surface area contributed by atoms with Crippen LogP contribution in [0, 0.1) is 5.92 Å². The van der Waals surface area contributed by atoms with Crippen LogP contribution in [0.25, 0.3) is 0 Å². The normalized spacial score (nSPS) is 12.2. The quantitative estimate of drug-likeness (QED) is 0.882. The SMILES string of the molecule is COc1cccc(CC(CN)Cc2cncc(Br)c2)c1. The molecule has 0 fully saturated rings. The molecule has 0 saturated carbocycles. The van der Waals surface area contributed by atoms with Gasteiger partial charge < -0.3 is 10.5 Å². The molecule has 0 aliphatic heterocycles. The Balaban J connectivity index is 2.05. The largest absolute Gasteiger partial charge is 0.497 e. The summed E-state index contributed by atoms with van der Waals surface area (Å²) >= 11 is 3.45. The molecule has 1 aromatic carbocycles. The van der Waals surface area contributed by atoms with E-state index in [0.29, 0.717) is 12.5 Å². The van der Waals surface area contributed by atoms with Crippen molar-refractivity contribution in [3.8, 4) is 5.75 Å². The van der Waals surface area contributed by atoms with E-state index in [-0.39, 0.29) is 0 Å². The number of aromatic nitrogens is 1. The first-order chi connectivity index (χ1) is 9.71. The lowest BCUT2D eigenvalue weighted by atomic mass is 9.93. The highest BCUT2D eigenvalue weighted by Crippen LogP contribution is 2.19. The monoisotopic (exact) mass is 334 g/mol. The predicted octanol–water partition coefficient (Wildman–Crippen LogP) is 3.21. The van der Waals surface area contributed by atoms with Gasteiger partial charge in [0.15, 0.2) is 0 Å². The van der Waals surface area contributed by atoms with E-state index in [2.05, 4.69) is 39.1 Å². The third-order valence-electron chi connectivity index (χ3n) is 3.28. The summed E-state index contributed by atoms with van der Waals surface area (Å²) < 4.78 is 6.26. The molecule has 1 unspecified atom stereocenters. The molecule has 1 heterocycles. The van der Waals surface area contributed by atoms with Gasteiger partial charge in [0, 0.05) is 16.9 Å². The zero-order valence-corrected chi connectivity index (χ0v) is 13.1. The average Bonchev–Trinajstić information content (AvgIpc) is 2.47. The highest BCUT2D eigenvalue weighted by Gasteiger charge is 2.10. The lowest BCUT2D eigenvalue weighted by Crippen LogP contribution is -2.19. The molecule has 1 atom stereocenters. The molecule has 3 nitrogen and oxygen atoms in total. The molecule has 4 heteroatoms. The zero-order chi connectivity index (χ0) is 14.4. The second kappa shape index (κ2) is 7.41. The summed E-state index contributed by atoms with van der Waals surface area (Å²) in [5.74, 6) is 1.29. The molecule has 0 spiro atoms. The molecule has 0 amide bonds. The van der Waals surface area contributed by atoms with Crippen LogP contribution in [0.15, 0.2) is 47.2 Å². The molecule has 2 N–H and O–H groups in total. The molecule has 2 rings (SSSR count). The van der Waals surface area contributed by atoms with Crippen molar-refractivity contribution in [1.82, 2.24) is 4.98 Å². The van der Waals surface area contributed by atoms with Gasteiger partial charge in [-0.2, -0.15) is 0 Å². The summed E-state index contributed by atoms with van der Waals surface area (Å²) in [5, 5.41) is 0. The first kappa shape index (κ1) is 15.0. The maximum Gasteiger partial charge on any atom is 0.119 e. The minimum Gasteiger partial charge on any atom is -0.497 e. The lowest BCUT2D eigenvalue weighted by molar-refractivity contribution is 0.413. The number of ether oxygens (including phenoxy) is 1. The average molecular weight is 335 g/mol. The molecule has 0 aliphatic rings. The van der Waals surface area contributed by atoms with Gasteiger partial charge in [0.25, 0.3) is 0 Å². The Labute approximate surface area is 128 Å². The second-order valence-electron chi connectivity index (χ2n) is 4.87. The van der Waals surface area contributed by atoms with Gasteiger partial charge in [-0.3, -0.25) is 4.98 Å². The smallest absolute Gasteiger partial charge is 0.119 e. The summed E-state index contributed by atoms with van der Waals surface area (Å²) in [4.78, 5) is 4.20. The highest BCUT2D eigenvalue weighted by atomic mass is 79.9. The van der Waals surface area contributed by atoms with Crippen LogP contribution in [0.1, 0.15) is 11.1 Å². The highest BCUT2D eigenvalue weighted by molar-refractivity contribution is 9.10. The number of nitrogens with two attached hydrogens (primary N) is 1. The van der Waals surface area contributed by atoms with Crippen LogP contribution in [0.4, 0.5) is 0 Å². The minimum atomic E-state index is 0.401. The lowest BCUT2D eigenvalue weighted by Gasteiger charge is -2.15. The van der Waals surface area contributed by atoms with E-state index < -0.39 is 0 Å². The molecule has 0 radical (unpaired) electrons. The van der Waals surface area contributed by atoms with Gasteiger partial charge in [-0.15, -0.1) is 0 Å². The zero-order valence-electron chi connectivity index (χ0n) is 11.6. The van der Waals surface area contributed by atoms with Crippen molar-refractivity contribution >= 4 is 15.9 Å². The molecule has 0 bridgehead atoms. The summed E-state index contributed by atoms with van der Waals surface area (Å²) in [6.45, 7) is 0.656. The van der Waals surface area contributed by atoms with Crippen LogP contribution < -0.4 is 10.5 Å². The third-order valence-corrected chi connectivity index (χ3v) is 3.71. The Hall–Kier alpha value is -1.39. The van der Waals surface area contributed by atoms with Gasteiger partial charge >= 0.3 is 0 Å². The van der Waals surface area contributed by atoms with Crippen molar-refractivity contribution in [2.45, 2.75) is 12.8 Å². The van der Waals surface area contributed by atoms with Crippen molar-refractivity contribution < 1.29 is 4.74 Å². The van der Waals surface area contributed by atoms with Gasteiger partial charge in [0.2, 0.25) is 0 Å². The van der Waals surface area contributed by atoms with Gasteiger partial charge in [-0.05, 0) is 70.6 Å². The topological polar surface area (TPSA) is 48.1 Å². The molecule has 1 aromatic heterocycles. The van der Waals surface area contributed by atoms with Crippen LogP contribution in [-0.2, 0) is 12.8 Å².